The molecule has 0 aromatic heterocycles. The van der Waals surface area contributed by atoms with Gasteiger partial charge in [-0.2, -0.15) is 0 Å². The highest BCUT2D eigenvalue weighted by Crippen LogP contribution is 2.30. The molecule has 49 heavy (non-hydrogen) atoms. The first kappa shape index (κ1) is 36.9. The van der Waals surface area contributed by atoms with Crippen LogP contribution in [0, 0.1) is 5.92 Å². The van der Waals surface area contributed by atoms with E-state index >= 15 is 0 Å². The fraction of sp³-hybridized carbons (Fsp3) is 0.559. The Morgan fingerprint density at radius 3 is 2.45 bits per heavy atom. The molecule has 0 spiro atoms. The highest BCUT2D eigenvalue weighted by molar-refractivity contribution is 6.01. The lowest BCUT2D eigenvalue weighted by atomic mass is 9.84. The van der Waals surface area contributed by atoms with Crippen LogP contribution in [0.1, 0.15) is 74.6 Å². The van der Waals surface area contributed by atoms with Gasteiger partial charge < -0.3 is 36.4 Å². The summed E-state index contributed by atoms with van der Waals surface area (Å²) in [6.45, 7) is 0.146. The molecular formula is C34H46N8O7. The van der Waals surface area contributed by atoms with Crippen molar-refractivity contribution in [3.05, 3.63) is 58.5 Å². The number of unbranched alkanes of at least 4 members (excludes halogenated alkanes) is 1. The first-order valence-corrected chi connectivity index (χ1v) is 16.8. The number of benzene rings is 2. The van der Waals surface area contributed by atoms with Gasteiger partial charge >= 0.3 is 6.09 Å². The van der Waals surface area contributed by atoms with Crippen LogP contribution in [0.5, 0.6) is 0 Å². The monoisotopic (exact) mass is 678 g/mol. The third-order valence-corrected chi connectivity index (χ3v) is 9.57. The molecule has 0 radical (unpaired) electrons. The van der Waals surface area contributed by atoms with Gasteiger partial charge in [0.2, 0.25) is 17.7 Å². The van der Waals surface area contributed by atoms with E-state index in [-0.39, 0.29) is 31.8 Å². The van der Waals surface area contributed by atoms with Gasteiger partial charge in [-0.1, -0.05) is 67.6 Å². The number of azide groups is 1. The number of hydrogen-bond acceptors (Lipinski definition) is 7. The summed E-state index contributed by atoms with van der Waals surface area (Å²) in [6.07, 6.45) is 3.37. The number of carboxylic acid groups (broad SMARTS) is 1. The Balaban J connectivity index is 1.54. The molecule has 4 rings (SSSR count). The van der Waals surface area contributed by atoms with Crippen molar-refractivity contribution >= 4 is 40.5 Å². The normalized spacial score (nSPS) is 19.7. The number of likely N-dealkylation sites (tertiary alicyclic amines) is 1. The minimum atomic E-state index is -1.74. The number of nitrogens with two attached hydrogens (primary N) is 1. The van der Waals surface area contributed by atoms with Crippen molar-refractivity contribution in [2.45, 2.75) is 94.5 Å². The van der Waals surface area contributed by atoms with Crippen LogP contribution in [0.15, 0.2) is 47.6 Å². The second kappa shape index (κ2) is 17.5. The number of rotatable bonds is 15. The lowest BCUT2D eigenvalue weighted by molar-refractivity contribution is -0.141. The maximum atomic E-state index is 14.3. The van der Waals surface area contributed by atoms with E-state index in [0.29, 0.717) is 24.8 Å². The van der Waals surface area contributed by atoms with Crippen molar-refractivity contribution in [1.82, 2.24) is 20.4 Å². The molecule has 2 aromatic carbocycles. The number of hydrogen-bond donors (Lipinski definition) is 5. The van der Waals surface area contributed by atoms with Crippen molar-refractivity contribution < 1.29 is 34.2 Å². The van der Waals surface area contributed by atoms with Gasteiger partial charge in [-0.15, -0.1) is 0 Å². The van der Waals surface area contributed by atoms with Gasteiger partial charge in [0.05, 0.1) is 12.1 Å². The highest BCUT2D eigenvalue weighted by atomic mass is 16.4. The minimum Gasteiger partial charge on any atom is -0.465 e. The number of primary amides is 1. The number of aliphatic hydroxyl groups is 1. The van der Waals surface area contributed by atoms with E-state index in [9.17, 15) is 29.1 Å². The molecule has 15 nitrogen and oxygen atoms in total. The van der Waals surface area contributed by atoms with Crippen LogP contribution in [-0.2, 0) is 14.4 Å². The summed E-state index contributed by atoms with van der Waals surface area (Å²) in [6, 6.07) is 9.03. The Bertz CT molecular complexity index is 1560. The van der Waals surface area contributed by atoms with Crippen molar-refractivity contribution in [3.63, 3.8) is 0 Å². The SMILES string of the molecule is CN(CCCCC(NC(=O)[C@@H]1C[C@@H](N=[N+]=[N-])CN1C(=O)[C@@H](CC1CCCCC1)NC(=O)c1ccc2ccccc2c1)C(O)C(N)=O)C(=O)O. The second-order valence-electron chi connectivity index (χ2n) is 13.1. The minimum absolute atomic E-state index is 0.000798. The molecule has 264 valence electrons. The molecular weight excluding hydrogens is 632 g/mol. The molecule has 1 saturated heterocycles. The summed E-state index contributed by atoms with van der Waals surface area (Å²) < 4.78 is 0. The van der Waals surface area contributed by atoms with Crippen molar-refractivity contribution in [2.75, 3.05) is 20.1 Å². The van der Waals surface area contributed by atoms with Crippen LogP contribution in [-0.4, -0.2) is 100 Å². The summed E-state index contributed by atoms with van der Waals surface area (Å²) >= 11 is 0. The third kappa shape index (κ3) is 10.1. The molecule has 15 heteroatoms. The fourth-order valence-electron chi connectivity index (χ4n) is 6.81. The van der Waals surface area contributed by atoms with E-state index in [4.69, 9.17) is 16.4 Å². The summed E-state index contributed by atoms with van der Waals surface area (Å²) in [5.74, 6) is -2.45. The molecule has 2 aliphatic rings. The van der Waals surface area contributed by atoms with Gasteiger partial charge in [0.1, 0.15) is 12.1 Å². The highest BCUT2D eigenvalue weighted by Gasteiger charge is 2.43. The molecule has 1 saturated carbocycles. The lowest BCUT2D eigenvalue weighted by Crippen LogP contribution is -2.57. The van der Waals surface area contributed by atoms with E-state index in [1.54, 1.807) is 12.1 Å². The first-order valence-electron chi connectivity index (χ1n) is 16.8. The summed E-state index contributed by atoms with van der Waals surface area (Å²) in [4.78, 5) is 70.0. The Morgan fingerprint density at radius 1 is 1.06 bits per heavy atom. The maximum Gasteiger partial charge on any atom is 0.407 e. The maximum absolute atomic E-state index is 14.3. The van der Waals surface area contributed by atoms with Gasteiger partial charge in [0.15, 0.2) is 6.10 Å². The van der Waals surface area contributed by atoms with Gasteiger partial charge in [-0.05, 0) is 66.5 Å². The topological polar surface area (TPSA) is 231 Å². The summed E-state index contributed by atoms with van der Waals surface area (Å²) in [7, 11) is 1.41. The number of nitrogens with one attached hydrogen (secondary N) is 2. The Labute approximate surface area is 284 Å². The molecule has 5 amide bonds. The molecule has 2 fully saturated rings. The van der Waals surface area contributed by atoms with Crippen molar-refractivity contribution in [3.8, 4) is 0 Å². The van der Waals surface area contributed by atoms with E-state index in [0.717, 1.165) is 47.8 Å². The van der Waals surface area contributed by atoms with Crippen molar-refractivity contribution in [2.24, 2.45) is 16.8 Å². The largest absolute Gasteiger partial charge is 0.465 e. The lowest BCUT2D eigenvalue weighted by Gasteiger charge is -2.32. The number of carbonyl (C=O) groups is 5. The van der Waals surface area contributed by atoms with Crippen LogP contribution >= 0.6 is 0 Å². The van der Waals surface area contributed by atoms with Crippen LogP contribution < -0.4 is 16.4 Å². The predicted molar refractivity (Wildman–Crippen MR) is 181 cm³/mol. The zero-order valence-corrected chi connectivity index (χ0v) is 27.7. The predicted octanol–water partition coefficient (Wildman–Crippen LogP) is 3.30. The standard InChI is InChI=1S/C34H46N8O7/c1-41(34(48)49)16-8-7-13-26(29(43)30(35)44)37-32(46)28-19-25(39-40-36)20-42(28)33(47)27(17-21-9-3-2-4-10-21)38-31(45)24-15-14-22-11-5-6-12-23(22)18-24/h5-6,11-12,14-15,18,21,25-29,43H,2-4,7-10,13,16-17,19-20H2,1H3,(H2,35,44)(H,37,46)(H,38,45)(H,48,49)/t25-,26?,27-,28+,29?/m1/s1. The summed E-state index contributed by atoms with van der Waals surface area (Å²) in [5, 5.41) is 30.9. The van der Waals surface area contributed by atoms with Gasteiger partial charge in [0, 0.05) is 30.6 Å². The van der Waals surface area contributed by atoms with Gasteiger partial charge in [0.25, 0.3) is 5.91 Å². The molecule has 0 bridgehead atoms. The number of aliphatic hydroxyl groups excluding tert-OH is 1. The smallest absolute Gasteiger partial charge is 0.407 e. The Kier molecular flexibility index (Phi) is 13.2. The zero-order chi connectivity index (χ0) is 35.5. The molecule has 5 atom stereocenters. The quantitative estimate of drug-likeness (QED) is 0.0815. The van der Waals surface area contributed by atoms with Crippen LogP contribution in [0.3, 0.4) is 0 Å². The average molecular weight is 679 g/mol. The summed E-state index contributed by atoms with van der Waals surface area (Å²) in [5.41, 5.74) is 14.9. The molecule has 1 aliphatic heterocycles. The van der Waals surface area contributed by atoms with E-state index in [1.165, 1.54) is 11.9 Å². The molecule has 2 unspecified atom stereocenters. The molecule has 1 heterocycles. The second-order valence-corrected chi connectivity index (χ2v) is 13.1. The number of amides is 5. The van der Waals surface area contributed by atoms with E-state index in [1.807, 2.05) is 30.3 Å². The van der Waals surface area contributed by atoms with E-state index in [2.05, 4.69) is 20.7 Å². The fourth-order valence-corrected chi connectivity index (χ4v) is 6.81. The zero-order valence-electron chi connectivity index (χ0n) is 27.7. The van der Waals surface area contributed by atoms with E-state index < -0.39 is 60.0 Å². The van der Waals surface area contributed by atoms with Gasteiger partial charge in [-0.3, -0.25) is 19.2 Å². The van der Waals surface area contributed by atoms with Gasteiger partial charge in [-0.25, -0.2) is 4.79 Å². The van der Waals surface area contributed by atoms with Crippen LogP contribution in [0.25, 0.3) is 21.2 Å². The van der Waals surface area contributed by atoms with Crippen LogP contribution in [0.2, 0.25) is 0 Å². The third-order valence-electron chi connectivity index (χ3n) is 9.57. The number of carbonyl (C=O) groups excluding carboxylic acids is 4. The average Bonchev–Trinajstić information content (AvgIpc) is 3.52. The van der Waals surface area contributed by atoms with Crippen molar-refractivity contribution in [1.29, 1.82) is 0 Å². The Morgan fingerprint density at radius 2 is 1.78 bits per heavy atom. The number of fused-ring (bicyclic) bond motifs is 1. The first-order chi connectivity index (χ1) is 23.5. The van der Waals surface area contributed by atoms with Crippen LogP contribution in [0.4, 0.5) is 4.79 Å². The molecule has 6 N–H and O–H groups in total. The molecule has 1 aliphatic carbocycles. The molecule has 2 aromatic rings. The Hall–Kier alpha value is -4.88. The number of nitrogens with zero attached hydrogens (tertiary/aromatic N) is 5.